The van der Waals surface area contributed by atoms with Crippen molar-refractivity contribution in [3.63, 3.8) is 0 Å². The smallest absolute Gasteiger partial charge is 0.323 e. The van der Waals surface area contributed by atoms with Crippen molar-refractivity contribution in [2.75, 3.05) is 44.2 Å². The van der Waals surface area contributed by atoms with E-state index in [4.69, 9.17) is 28.3 Å². The average molecular weight is 457 g/mol. The number of rotatable bonds is 7. The van der Waals surface area contributed by atoms with E-state index in [0.717, 1.165) is 64.1 Å². The fourth-order valence-electron chi connectivity index (χ4n) is 4.30. The Morgan fingerprint density at radius 3 is 2.43 bits per heavy atom. The summed E-state index contributed by atoms with van der Waals surface area (Å²) in [6.07, 6.45) is 5.28. The lowest BCUT2D eigenvalue weighted by Crippen LogP contribution is -2.47. The second-order valence-corrected chi connectivity index (χ2v) is 8.91. The number of aliphatic carboxylic acids is 1. The van der Waals surface area contributed by atoms with Crippen LogP contribution in [0.25, 0.3) is 0 Å². The molecule has 0 spiro atoms. The molecule has 1 saturated carbocycles. The highest BCUT2D eigenvalue weighted by atomic mass is 35.5. The zero-order valence-corrected chi connectivity index (χ0v) is 18.6. The molecule has 7 nitrogen and oxygen atoms in total. The van der Waals surface area contributed by atoms with Gasteiger partial charge in [-0.05, 0) is 56.7 Å². The number of urea groups is 1. The van der Waals surface area contributed by atoms with Gasteiger partial charge in [0.05, 0.1) is 15.7 Å². The summed E-state index contributed by atoms with van der Waals surface area (Å²) in [5.41, 5.74) is 1.02. The summed E-state index contributed by atoms with van der Waals surface area (Å²) in [4.78, 5) is 27.0. The van der Waals surface area contributed by atoms with Crippen molar-refractivity contribution in [1.29, 1.82) is 0 Å². The van der Waals surface area contributed by atoms with Gasteiger partial charge >= 0.3 is 12.0 Å². The van der Waals surface area contributed by atoms with E-state index >= 15 is 0 Å². The molecule has 0 bridgehead atoms. The van der Waals surface area contributed by atoms with Gasteiger partial charge in [-0.2, -0.15) is 0 Å². The van der Waals surface area contributed by atoms with E-state index < -0.39 is 12.0 Å². The van der Waals surface area contributed by atoms with Crippen LogP contribution in [0.1, 0.15) is 32.1 Å². The summed E-state index contributed by atoms with van der Waals surface area (Å²) >= 11 is 12.5. The number of halogens is 2. The third-order valence-corrected chi connectivity index (χ3v) is 6.89. The van der Waals surface area contributed by atoms with E-state index in [9.17, 15) is 9.59 Å². The van der Waals surface area contributed by atoms with Gasteiger partial charge in [0, 0.05) is 32.2 Å². The highest BCUT2D eigenvalue weighted by Crippen LogP contribution is 2.33. The van der Waals surface area contributed by atoms with E-state index in [1.807, 2.05) is 18.2 Å². The Kier molecular flexibility index (Phi) is 8.48. The number of anilines is 1. The minimum Gasteiger partial charge on any atom is -0.480 e. The first-order valence-electron chi connectivity index (χ1n) is 10.6. The Morgan fingerprint density at radius 1 is 1.07 bits per heavy atom. The number of benzene rings is 1. The molecule has 0 radical (unpaired) electrons. The molecule has 1 aliphatic heterocycles. The van der Waals surface area contributed by atoms with Crippen molar-refractivity contribution in [1.82, 2.24) is 15.5 Å². The van der Waals surface area contributed by atoms with Crippen molar-refractivity contribution >= 4 is 40.9 Å². The van der Waals surface area contributed by atoms with Crippen LogP contribution in [0.5, 0.6) is 0 Å². The quantitative estimate of drug-likeness (QED) is 0.584. The maximum Gasteiger partial charge on any atom is 0.323 e. The average Bonchev–Trinajstić information content (AvgIpc) is 2.74. The predicted octanol–water partition coefficient (Wildman–Crippen LogP) is 3.45. The molecule has 166 valence electrons. The molecular formula is C21H30Cl2N4O3. The first kappa shape index (κ1) is 23.0. The van der Waals surface area contributed by atoms with E-state index in [-0.39, 0.29) is 12.6 Å². The highest BCUT2D eigenvalue weighted by Gasteiger charge is 2.24. The van der Waals surface area contributed by atoms with Crippen LogP contribution in [-0.4, -0.2) is 67.3 Å². The number of piperazine rings is 1. The number of hydrogen-bond donors (Lipinski definition) is 3. The molecule has 1 aromatic rings. The number of carboxylic acids is 1. The second kappa shape index (κ2) is 11.1. The monoisotopic (exact) mass is 456 g/mol. The van der Waals surface area contributed by atoms with Gasteiger partial charge in [-0.1, -0.05) is 29.3 Å². The second-order valence-electron chi connectivity index (χ2n) is 8.13. The fourth-order valence-corrected chi connectivity index (χ4v) is 4.72. The SMILES string of the molecule is O=C(O)CNC(=O)N[C@H]1CC[C@H](CCN2CCN(c3cccc(Cl)c3Cl)CC2)CC1. The number of amides is 2. The minimum atomic E-state index is -1.04. The predicted molar refractivity (Wildman–Crippen MR) is 120 cm³/mol. The lowest BCUT2D eigenvalue weighted by molar-refractivity contribution is -0.135. The first-order valence-corrected chi connectivity index (χ1v) is 11.4. The topological polar surface area (TPSA) is 84.9 Å². The van der Waals surface area contributed by atoms with Crippen molar-refractivity contribution in [2.45, 2.75) is 38.1 Å². The van der Waals surface area contributed by atoms with E-state index in [0.29, 0.717) is 16.0 Å². The molecule has 2 fully saturated rings. The van der Waals surface area contributed by atoms with Crippen LogP contribution < -0.4 is 15.5 Å². The summed E-state index contributed by atoms with van der Waals surface area (Å²) < 4.78 is 0. The molecule has 0 atom stereocenters. The zero-order chi connectivity index (χ0) is 21.5. The molecule has 2 amide bonds. The van der Waals surface area contributed by atoms with Gasteiger partial charge in [-0.25, -0.2) is 4.79 Å². The Bertz CT molecular complexity index is 733. The lowest BCUT2D eigenvalue weighted by Gasteiger charge is -2.37. The van der Waals surface area contributed by atoms with Crippen LogP contribution >= 0.6 is 23.2 Å². The lowest BCUT2D eigenvalue weighted by atomic mass is 9.84. The third-order valence-electron chi connectivity index (χ3n) is 6.08. The number of hydrogen-bond acceptors (Lipinski definition) is 4. The Hall–Kier alpha value is -1.70. The number of carbonyl (C=O) groups excluding carboxylic acids is 1. The molecule has 30 heavy (non-hydrogen) atoms. The normalized spacial score (nSPS) is 22.5. The van der Waals surface area contributed by atoms with Crippen LogP contribution in [-0.2, 0) is 4.79 Å². The molecule has 0 unspecified atom stereocenters. The third kappa shape index (κ3) is 6.65. The standard InChI is InChI=1S/C21H30Cl2N4O3/c22-17-2-1-3-18(20(17)23)27-12-10-26(11-13-27)9-8-15-4-6-16(7-5-15)25-21(30)24-14-19(28)29/h1-3,15-16H,4-14H2,(H,28,29)(H2,24,25,30)/t15-,16-. The van der Waals surface area contributed by atoms with Gasteiger partial charge in [0.2, 0.25) is 0 Å². The molecule has 1 aliphatic carbocycles. The number of carboxylic acid groups (broad SMARTS) is 1. The summed E-state index contributed by atoms with van der Waals surface area (Å²) in [7, 11) is 0. The van der Waals surface area contributed by atoms with Gasteiger partial charge < -0.3 is 20.6 Å². The molecule has 1 saturated heterocycles. The molecular weight excluding hydrogens is 427 g/mol. The molecule has 1 aromatic carbocycles. The van der Waals surface area contributed by atoms with Crippen LogP contribution in [0.2, 0.25) is 10.0 Å². The van der Waals surface area contributed by atoms with Crippen molar-refractivity contribution in [2.24, 2.45) is 5.92 Å². The Labute approximate surface area is 187 Å². The van der Waals surface area contributed by atoms with Crippen LogP contribution in [0.3, 0.4) is 0 Å². The molecule has 2 aliphatic rings. The van der Waals surface area contributed by atoms with Crippen molar-refractivity contribution in [3.05, 3.63) is 28.2 Å². The van der Waals surface area contributed by atoms with E-state index in [1.54, 1.807) is 0 Å². The van der Waals surface area contributed by atoms with Crippen molar-refractivity contribution < 1.29 is 14.7 Å². The zero-order valence-electron chi connectivity index (χ0n) is 17.1. The van der Waals surface area contributed by atoms with Crippen LogP contribution in [0, 0.1) is 5.92 Å². The maximum absolute atomic E-state index is 11.7. The van der Waals surface area contributed by atoms with Crippen LogP contribution in [0.4, 0.5) is 10.5 Å². The number of nitrogens with zero attached hydrogens (tertiary/aromatic N) is 2. The molecule has 1 heterocycles. The largest absolute Gasteiger partial charge is 0.480 e. The van der Waals surface area contributed by atoms with Crippen molar-refractivity contribution in [3.8, 4) is 0 Å². The van der Waals surface area contributed by atoms with Gasteiger partial charge in [-0.3, -0.25) is 9.69 Å². The Morgan fingerprint density at radius 2 is 1.77 bits per heavy atom. The van der Waals surface area contributed by atoms with Gasteiger partial charge in [0.1, 0.15) is 6.54 Å². The fraction of sp³-hybridized carbons (Fsp3) is 0.619. The van der Waals surface area contributed by atoms with Gasteiger partial charge in [0.15, 0.2) is 0 Å². The summed E-state index contributed by atoms with van der Waals surface area (Å²) in [5, 5.41) is 15.1. The molecule has 3 N–H and O–H groups in total. The van der Waals surface area contributed by atoms with Crippen LogP contribution in [0.15, 0.2) is 18.2 Å². The molecule has 3 rings (SSSR count). The molecule has 9 heteroatoms. The summed E-state index contributed by atoms with van der Waals surface area (Å²) in [6.45, 7) is 4.67. The highest BCUT2D eigenvalue weighted by molar-refractivity contribution is 6.43. The van der Waals surface area contributed by atoms with E-state index in [2.05, 4.69) is 20.4 Å². The first-order chi connectivity index (χ1) is 14.4. The number of nitrogens with one attached hydrogen (secondary N) is 2. The van der Waals surface area contributed by atoms with E-state index in [1.165, 1.54) is 6.42 Å². The summed E-state index contributed by atoms with van der Waals surface area (Å²) in [5.74, 6) is -0.351. The minimum absolute atomic E-state index is 0.140. The maximum atomic E-state index is 11.7. The summed E-state index contributed by atoms with van der Waals surface area (Å²) in [6, 6.07) is 5.53. The van der Waals surface area contributed by atoms with Gasteiger partial charge in [0.25, 0.3) is 0 Å². The Balaban J connectivity index is 1.32. The number of carbonyl (C=O) groups is 2. The van der Waals surface area contributed by atoms with Gasteiger partial charge in [-0.15, -0.1) is 0 Å². The molecule has 0 aromatic heterocycles.